The molecule has 1 N–H and O–H groups in total. The van der Waals surface area contributed by atoms with Gasteiger partial charge in [-0.15, -0.1) is 0 Å². The highest BCUT2D eigenvalue weighted by Crippen LogP contribution is 2.25. The van der Waals surface area contributed by atoms with E-state index in [-0.39, 0.29) is 6.04 Å². The molecule has 3 heteroatoms. The first kappa shape index (κ1) is 15.0. The fourth-order valence-corrected chi connectivity index (χ4v) is 2.05. The zero-order valence-electron chi connectivity index (χ0n) is 12.1. The van der Waals surface area contributed by atoms with E-state index in [1.54, 1.807) is 14.2 Å². The second kappa shape index (κ2) is 7.39. The number of rotatable bonds is 7. The largest absolute Gasteiger partial charge is 0.496 e. The van der Waals surface area contributed by atoms with E-state index in [0.29, 0.717) is 12.0 Å². The smallest absolute Gasteiger partial charge is 0.123 e. The Balaban J connectivity index is 2.76. The Morgan fingerprint density at radius 2 is 1.78 bits per heavy atom. The van der Waals surface area contributed by atoms with Crippen LogP contribution in [0.25, 0.3) is 0 Å². The molecule has 1 aromatic rings. The van der Waals surface area contributed by atoms with Crippen molar-refractivity contribution < 1.29 is 9.47 Å². The summed E-state index contributed by atoms with van der Waals surface area (Å²) >= 11 is 0. The summed E-state index contributed by atoms with van der Waals surface area (Å²) in [6, 6.07) is 8.70. The lowest BCUT2D eigenvalue weighted by Crippen LogP contribution is -2.39. The van der Waals surface area contributed by atoms with Crippen molar-refractivity contribution in [2.45, 2.75) is 32.9 Å². The van der Waals surface area contributed by atoms with E-state index in [9.17, 15) is 0 Å². The van der Waals surface area contributed by atoms with Gasteiger partial charge in [0.25, 0.3) is 0 Å². The normalized spacial score (nSPS) is 14.6. The fourth-order valence-electron chi connectivity index (χ4n) is 2.05. The van der Waals surface area contributed by atoms with E-state index in [1.807, 2.05) is 18.2 Å². The summed E-state index contributed by atoms with van der Waals surface area (Å²) in [5.41, 5.74) is 1.18. The molecular weight excluding hydrogens is 226 g/mol. The van der Waals surface area contributed by atoms with Crippen molar-refractivity contribution in [3.05, 3.63) is 29.8 Å². The second-order valence-corrected chi connectivity index (χ2v) is 4.94. The molecule has 0 aliphatic carbocycles. The third-order valence-electron chi connectivity index (χ3n) is 3.22. The number of para-hydroxylation sites is 1. The summed E-state index contributed by atoms with van der Waals surface area (Å²) in [7, 11) is 3.45. The van der Waals surface area contributed by atoms with E-state index < -0.39 is 0 Å². The number of benzene rings is 1. The molecule has 3 nitrogen and oxygen atoms in total. The fraction of sp³-hybridized carbons (Fsp3) is 0.600. The van der Waals surface area contributed by atoms with Gasteiger partial charge in [0, 0.05) is 24.8 Å². The Morgan fingerprint density at radius 3 is 2.33 bits per heavy atom. The Kier molecular flexibility index (Phi) is 6.16. The predicted molar refractivity (Wildman–Crippen MR) is 75.0 cm³/mol. The zero-order chi connectivity index (χ0) is 13.5. The van der Waals surface area contributed by atoms with Crippen LogP contribution in [0.15, 0.2) is 24.3 Å². The molecule has 102 valence electrons. The van der Waals surface area contributed by atoms with Crippen LogP contribution < -0.4 is 10.1 Å². The van der Waals surface area contributed by atoms with Crippen molar-refractivity contribution in [3.63, 3.8) is 0 Å². The average molecular weight is 251 g/mol. The summed E-state index contributed by atoms with van der Waals surface area (Å²) in [5, 5.41) is 3.60. The van der Waals surface area contributed by atoms with Gasteiger partial charge in [-0.1, -0.05) is 32.0 Å². The van der Waals surface area contributed by atoms with E-state index in [4.69, 9.17) is 9.47 Å². The van der Waals surface area contributed by atoms with Crippen molar-refractivity contribution in [2.24, 2.45) is 5.92 Å². The van der Waals surface area contributed by atoms with Gasteiger partial charge >= 0.3 is 0 Å². The lowest BCUT2D eigenvalue weighted by molar-refractivity contribution is 0.141. The van der Waals surface area contributed by atoms with Crippen LogP contribution in [0.1, 0.15) is 32.4 Å². The molecular formula is C15H25NO2. The lowest BCUT2D eigenvalue weighted by Gasteiger charge is -2.26. The topological polar surface area (TPSA) is 30.5 Å². The van der Waals surface area contributed by atoms with E-state index in [1.165, 1.54) is 5.56 Å². The molecule has 1 rings (SSSR count). The first-order valence-corrected chi connectivity index (χ1v) is 6.48. The maximum atomic E-state index is 5.40. The predicted octanol–water partition coefficient (Wildman–Crippen LogP) is 3.02. The van der Waals surface area contributed by atoms with Gasteiger partial charge in [-0.05, 0) is 18.9 Å². The van der Waals surface area contributed by atoms with Gasteiger partial charge in [0.05, 0.1) is 13.7 Å². The van der Waals surface area contributed by atoms with Crippen molar-refractivity contribution in [1.29, 1.82) is 0 Å². The third-order valence-corrected chi connectivity index (χ3v) is 3.22. The lowest BCUT2D eigenvalue weighted by atomic mass is 10.0. The van der Waals surface area contributed by atoms with E-state index >= 15 is 0 Å². The van der Waals surface area contributed by atoms with Crippen LogP contribution in [0.4, 0.5) is 0 Å². The van der Waals surface area contributed by atoms with Gasteiger partial charge in [-0.2, -0.15) is 0 Å². The Morgan fingerprint density at radius 1 is 1.11 bits per heavy atom. The number of hydrogen-bond acceptors (Lipinski definition) is 3. The monoisotopic (exact) mass is 251 g/mol. The minimum absolute atomic E-state index is 0.240. The molecule has 0 aromatic heterocycles. The highest BCUT2D eigenvalue weighted by molar-refractivity contribution is 5.35. The van der Waals surface area contributed by atoms with Crippen molar-refractivity contribution in [1.82, 2.24) is 5.32 Å². The van der Waals surface area contributed by atoms with Gasteiger partial charge in [0.1, 0.15) is 5.75 Å². The molecule has 0 fully saturated rings. The van der Waals surface area contributed by atoms with E-state index in [0.717, 1.165) is 12.4 Å². The van der Waals surface area contributed by atoms with Crippen LogP contribution in [0, 0.1) is 5.92 Å². The maximum absolute atomic E-state index is 5.40. The van der Waals surface area contributed by atoms with Crippen molar-refractivity contribution in [2.75, 3.05) is 20.8 Å². The minimum Gasteiger partial charge on any atom is -0.496 e. The molecule has 0 bridgehead atoms. The molecule has 1 unspecified atom stereocenters. The Labute approximate surface area is 110 Å². The molecule has 18 heavy (non-hydrogen) atoms. The maximum Gasteiger partial charge on any atom is 0.123 e. The van der Waals surface area contributed by atoms with Crippen LogP contribution >= 0.6 is 0 Å². The van der Waals surface area contributed by atoms with Gasteiger partial charge in [-0.25, -0.2) is 0 Å². The number of nitrogens with one attached hydrogen (secondary N) is 1. The number of methoxy groups -OCH3 is 2. The molecule has 0 aliphatic rings. The summed E-state index contributed by atoms with van der Waals surface area (Å²) < 4.78 is 10.7. The molecule has 0 saturated carbocycles. The molecule has 1 aromatic carbocycles. The summed E-state index contributed by atoms with van der Waals surface area (Å²) in [6.07, 6.45) is 0. The number of hydrogen-bond donors (Lipinski definition) is 1. The van der Waals surface area contributed by atoms with Gasteiger partial charge in [0.2, 0.25) is 0 Å². The quantitative estimate of drug-likeness (QED) is 0.808. The second-order valence-electron chi connectivity index (χ2n) is 4.94. The highest BCUT2D eigenvalue weighted by Gasteiger charge is 2.18. The number of ether oxygens (including phenoxy) is 2. The van der Waals surface area contributed by atoms with Crippen LogP contribution in [-0.2, 0) is 4.74 Å². The SMILES string of the molecule is COCC(N[C@@H](C)c1ccccc1OC)C(C)C. The van der Waals surface area contributed by atoms with Gasteiger partial charge in [-0.3, -0.25) is 0 Å². The Hall–Kier alpha value is -1.06. The molecule has 2 atom stereocenters. The first-order valence-electron chi connectivity index (χ1n) is 6.48. The summed E-state index contributed by atoms with van der Waals surface area (Å²) in [6.45, 7) is 7.28. The van der Waals surface area contributed by atoms with Gasteiger partial charge in [0.15, 0.2) is 0 Å². The van der Waals surface area contributed by atoms with Gasteiger partial charge < -0.3 is 14.8 Å². The Bertz CT molecular complexity index is 352. The molecule has 0 aliphatic heterocycles. The molecule has 0 radical (unpaired) electrons. The van der Waals surface area contributed by atoms with E-state index in [2.05, 4.69) is 32.2 Å². The van der Waals surface area contributed by atoms with Crippen LogP contribution in [0.3, 0.4) is 0 Å². The third kappa shape index (κ3) is 4.00. The van der Waals surface area contributed by atoms with Crippen LogP contribution in [-0.4, -0.2) is 26.9 Å². The standard InChI is InChI=1S/C15H25NO2/c1-11(2)14(10-17-4)16-12(3)13-8-6-7-9-15(13)18-5/h6-9,11-12,14,16H,10H2,1-5H3/t12-,14?/m0/s1. The highest BCUT2D eigenvalue weighted by atomic mass is 16.5. The van der Waals surface area contributed by atoms with Crippen molar-refractivity contribution >= 4 is 0 Å². The molecule has 0 spiro atoms. The minimum atomic E-state index is 0.240. The zero-order valence-corrected chi connectivity index (χ0v) is 12.1. The summed E-state index contributed by atoms with van der Waals surface area (Å²) in [5.74, 6) is 1.46. The average Bonchev–Trinajstić information content (AvgIpc) is 2.37. The molecule has 0 saturated heterocycles. The van der Waals surface area contributed by atoms with Crippen LogP contribution in [0.2, 0.25) is 0 Å². The molecule has 0 amide bonds. The molecule has 0 heterocycles. The summed E-state index contributed by atoms with van der Waals surface area (Å²) in [4.78, 5) is 0. The first-order chi connectivity index (χ1) is 8.60. The van der Waals surface area contributed by atoms with Crippen LogP contribution in [0.5, 0.6) is 5.75 Å². The van der Waals surface area contributed by atoms with Crippen molar-refractivity contribution in [3.8, 4) is 5.75 Å².